The number of Topliss-reactive ketones (excluding diaryl/α,β-unsaturated/α-hetero) is 1. The van der Waals surface area contributed by atoms with Crippen molar-refractivity contribution in [3.05, 3.63) is 0 Å². The van der Waals surface area contributed by atoms with Gasteiger partial charge in [-0.05, 0) is 13.8 Å². The molecule has 7 heteroatoms. The zero-order chi connectivity index (χ0) is 17.7. The molecule has 0 heterocycles. The Balaban J connectivity index is 5.20. The minimum Gasteiger partial charge on any atom is -0.328 e. The largest absolute Gasteiger partial charge is 0.328 e. The van der Waals surface area contributed by atoms with Gasteiger partial charge in [-0.15, -0.1) is 0 Å². The van der Waals surface area contributed by atoms with Crippen molar-refractivity contribution in [2.75, 3.05) is 14.1 Å². The Kier molecular flexibility index (Phi) is 7.70. The lowest BCUT2D eigenvalue weighted by atomic mass is 10.1. The summed E-state index contributed by atoms with van der Waals surface area (Å²) in [6, 6.07) is 0. The normalized spacial score (nSPS) is 14.1. The molecule has 0 N–H and O–H groups in total. The fourth-order valence-electron chi connectivity index (χ4n) is 1.52. The van der Waals surface area contributed by atoms with E-state index in [0.717, 1.165) is 11.4 Å². The molecule has 5 nitrogen and oxygen atoms in total. The second-order valence-corrected chi connectivity index (χ2v) is 17.9. The van der Waals surface area contributed by atoms with E-state index in [4.69, 9.17) is 5.10 Å². The number of carbonyl (C=O) groups excluding carboxylic acids is 1. The maximum Gasteiger partial charge on any atom is 0.168 e. The molecule has 0 saturated heterocycles. The first-order valence-corrected chi connectivity index (χ1v) is 14.7. The van der Waals surface area contributed by atoms with Gasteiger partial charge in [0.25, 0.3) is 0 Å². The summed E-state index contributed by atoms with van der Waals surface area (Å²) < 4.78 is 4.15. The monoisotopic (exact) mass is 342 g/mol. The van der Waals surface area contributed by atoms with Crippen molar-refractivity contribution in [3.8, 4) is 0 Å². The van der Waals surface area contributed by atoms with E-state index in [1.165, 1.54) is 0 Å². The zero-order valence-corrected chi connectivity index (χ0v) is 18.1. The van der Waals surface area contributed by atoms with Crippen molar-refractivity contribution in [3.63, 3.8) is 0 Å². The lowest BCUT2D eigenvalue weighted by Crippen LogP contribution is -2.40. The highest BCUT2D eigenvalue weighted by atomic mass is 28.3. The van der Waals surface area contributed by atoms with Gasteiger partial charge in [0, 0.05) is 32.6 Å². The molecule has 128 valence electrons. The minimum absolute atomic E-state index is 0.147. The minimum atomic E-state index is -1.50. The Morgan fingerprint density at radius 3 is 1.59 bits per heavy atom. The molecule has 0 fully saturated rings. The van der Waals surface area contributed by atoms with E-state index in [2.05, 4.69) is 53.7 Å². The SMILES string of the molecule is CC(=O)C/C(C/C(C)=N/N(C)[Si](C)(C)C)=N\N(C)[Si](C)(C)C. The number of nitrogens with zero attached hydrogens (tertiary/aromatic N) is 4. The Morgan fingerprint density at radius 2 is 1.23 bits per heavy atom. The van der Waals surface area contributed by atoms with Gasteiger partial charge in [-0.3, -0.25) is 4.79 Å². The third kappa shape index (κ3) is 8.48. The third-order valence-corrected chi connectivity index (χ3v) is 7.55. The third-order valence-electron chi connectivity index (χ3n) is 3.47. The van der Waals surface area contributed by atoms with Crippen LogP contribution in [-0.2, 0) is 4.79 Å². The summed E-state index contributed by atoms with van der Waals surface area (Å²) in [5, 5.41) is 9.38. The molecule has 0 aliphatic heterocycles. The second kappa shape index (κ2) is 8.05. The molecule has 0 spiro atoms. The maximum atomic E-state index is 11.5. The second-order valence-electron chi connectivity index (χ2n) is 7.95. The number of hydrogen-bond donors (Lipinski definition) is 0. The van der Waals surface area contributed by atoms with Crippen LogP contribution >= 0.6 is 0 Å². The van der Waals surface area contributed by atoms with Gasteiger partial charge in [0.2, 0.25) is 0 Å². The summed E-state index contributed by atoms with van der Waals surface area (Å²) >= 11 is 0. The van der Waals surface area contributed by atoms with Crippen molar-refractivity contribution < 1.29 is 4.79 Å². The van der Waals surface area contributed by atoms with Gasteiger partial charge >= 0.3 is 0 Å². The lowest BCUT2D eigenvalue weighted by Gasteiger charge is -2.29. The molecule has 0 amide bonds. The smallest absolute Gasteiger partial charge is 0.168 e. The van der Waals surface area contributed by atoms with Crippen molar-refractivity contribution in [1.82, 2.24) is 9.35 Å². The van der Waals surface area contributed by atoms with Gasteiger partial charge in [0.05, 0.1) is 5.71 Å². The van der Waals surface area contributed by atoms with Crippen LogP contribution in [0.4, 0.5) is 0 Å². The van der Waals surface area contributed by atoms with Gasteiger partial charge in [-0.25, -0.2) is 0 Å². The fourth-order valence-corrected chi connectivity index (χ4v) is 2.43. The van der Waals surface area contributed by atoms with Gasteiger partial charge in [-0.2, -0.15) is 10.2 Å². The fraction of sp³-hybridized carbons (Fsp3) is 0.800. The number of rotatable bonds is 8. The molecule has 0 rings (SSSR count). The first-order chi connectivity index (χ1) is 9.73. The summed E-state index contributed by atoms with van der Waals surface area (Å²) in [7, 11) is 1.11. The van der Waals surface area contributed by atoms with E-state index >= 15 is 0 Å². The average molecular weight is 343 g/mol. The molecule has 0 aromatic heterocycles. The van der Waals surface area contributed by atoms with Crippen LogP contribution in [0, 0.1) is 0 Å². The van der Waals surface area contributed by atoms with Crippen LogP contribution in [0.3, 0.4) is 0 Å². The summed E-state index contributed by atoms with van der Waals surface area (Å²) in [4.78, 5) is 11.5. The Hall–Kier alpha value is -0.956. The number of hydrazone groups is 2. The van der Waals surface area contributed by atoms with Crippen molar-refractivity contribution >= 4 is 33.7 Å². The molecule has 0 aliphatic carbocycles. The Morgan fingerprint density at radius 1 is 0.818 bits per heavy atom. The summed E-state index contributed by atoms with van der Waals surface area (Å²) in [5.41, 5.74) is 1.91. The van der Waals surface area contributed by atoms with Crippen LogP contribution in [-0.4, -0.2) is 57.1 Å². The molecule has 0 aromatic carbocycles. The van der Waals surface area contributed by atoms with Crippen LogP contribution in [0.2, 0.25) is 39.3 Å². The van der Waals surface area contributed by atoms with Gasteiger partial charge in [0.1, 0.15) is 5.78 Å². The first kappa shape index (κ1) is 21.0. The van der Waals surface area contributed by atoms with E-state index in [-0.39, 0.29) is 5.78 Å². The van der Waals surface area contributed by atoms with Crippen molar-refractivity contribution in [1.29, 1.82) is 0 Å². The van der Waals surface area contributed by atoms with Crippen LogP contribution in [0.25, 0.3) is 0 Å². The molecule has 0 aliphatic rings. The summed E-state index contributed by atoms with van der Waals surface area (Å²) in [6.45, 7) is 17.1. The first-order valence-electron chi connectivity index (χ1n) is 7.81. The van der Waals surface area contributed by atoms with Crippen molar-refractivity contribution in [2.24, 2.45) is 10.2 Å². The highest BCUT2D eigenvalue weighted by Gasteiger charge is 2.21. The molecular weight excluding hydrogens is 308 g/mol. The number of hydrogen-bond acceptors (Lipinski definition) is 5. The topological polar surface area (TPSA) is 48.3 Å². The Labute approximate surface area is 138 Å². The quantitative estimate of drug-likeness (QED) is 0.384. The molecule has 0 radical (unpaired) electrons. The van der Waals surface area contributed by atoms with E-state index in [1.807, 2.05) is 21.0 Å². The van der Waals surface area contributed by atoms with Gasteiger partial charge < -0.3 is 9.35 Å². The molecule has 0 saturated carbocycles. The zero-order valence-electron chi connectivity index (χ0n) is 16.1. The number of carbonyl (C=O) groups is 1. The highest BCUT2D eigenvalue weighted by Crippen LogP contribution is 2.11. The maximum absolute atomic E-state index is 11.5. The van der Waals surface area contributed by atoms with Crippen molar-refractivity contribution in [2.45, 2.75) is 66.0 Å². The predicted molar refractivity (Wildman–Crippen MR) is 103 cm³/mol. The summed E-state index contributed by atoms with van der Waals surface area (Å²) in [5.74, 6) is 0.147. The van der Waals surface area contributed by atoms with Gasteiger partial charge in [-0.1, -0.05) is 39.3 Å². The number of ketones is 1. The molecule has 0 bridgehead atoms. The van der Waals surface area contributed by atoms with Gasteiger partial charge in [0.15, 0.2) is 16.5 Å². The standard InChI is InChI=1S/C15H34N4OSi2/c1-13(16-18(3)21(5,6)7)11-15(12-14(2)20)17-19(4)22(8,9)10/h11-12H2,1-10H3/b16-13+,17-15-. The lowest BCUT2D eigenvalue weighted by molar-refractivity contribution is -0.115. The van der Waals surface area contributed by atoms with E-state index in [0.29, 0.717) is 12.8 Å². The van der Waals surface area contributed by atoms with E-state index in [9.17, 15) is 4.79 Å². The van der Waals surface area contributed by atoms with E-state index < -0.39 is 16.5 Å². The van der Waals surface area contributed by atoms with Crippen LogP contribution < -0.4 is 0 Å². The van der Waals surface area contributed by atoms with Crippen LogP contribution in [0.5, 0.6) is 0 Å². The molecule has 0 aromatic rings. The highest BCUT2D eigenvalue weighted by molar-refractivity contribution is 6.73. The predicted octanol–water partition coefficient (Wildman–Crippen LogP) is 3.62. The average Bonchev–Trinajstić information content (AvgIpc) is 2.24. The molecule has 0 unspecified atom stereocenters. The molecule has 0 atom stereocenters. The molecular formula is C15H34N4OSi2. The van der Waals surface area contributed by atoms with E-state index in [1.54, 1.807) is 6.92 Å². The van der Waals surface area contributed by atoms with Crippen LogP contribution in [0.15, 0.2) is 10.2 Å². The summed E-state index contributed by atoms with van der Waals surface area (Å²) in [6.07, 6.45) is 1.06. The Bertz CT molecular complexity index is 447. The van der Waals surface area contributed by atoms with Crippen LogP contribution in [0.1, 0.15) is 26.7 Å². The molecule has 22 heavy (non-hydrogen) atoms.